The molecule has 124 valence electrons. The number of rotatable bonds is 7. The van der Waals surface area contributed by atoms with E-state index in [-0.39, 0.29) is 22.9 Å². The first kappa shape index (κ1) is 18.6. The zero-order valence-corrected chi connectivity index (χ0v) is 14.3. The third-order valence-electron chi connectivity index (χ3n) is 3.47. The van der Waals surface area contributed by atoms with E-state index in [0.29, 0.717) is 12.0 Å². The molecule has 7 heteroatoms. The van der Waals surface area contributed by atoms with Gasteiger partial charge in [0.05, 0.1) is 4.90 Å². The van der Waals surface area contributed by atoms with Gasteiger partial charge in [0.15, 0.2) is 0 Å². The van der Waals surface area contributed by atoms with Crippen LogP contribution in [0.25, 0.3) is 0 Å². The molecule has 1 unspecified atom stereocenters. The number of benzene rings is 1. The molecule has 22 heavy (non-hydrogen) atoms. The second kappa shape index (κ2) is 6.76. The Balaban J connectivity index is 3.19. The molecule has 1 aromatic carbocycles. The summed E-state index contributed by atoms with van der Waals surface area (Å²) >= 11 is 0. The molecule has 0 heterocycles. The predicted octanol–water partition coefficient (Wildman–Crippen LogP) is 1.14. The number of nitrogens with two attached hydrogens (primary N) is 2. The van der Waals surface area contributed by atoms with Crippen LogP contribution in [0.5, 0.6) is 0 Å². The number of primary amides is 1. The van der Waals surface area contributed by atoms with Gasteiger partial charge in [-0.05, 0) is 43.9 Å². The van der Waals surface area contributed by atoms with Crippen LogP contribution in [0.2, 0.25) is 0 Å². The first-order chi connectivity index (χ1) is 10.0. The Bertz CT molecular complexity index is 656. The molecule has 0 aliphatic carbocycles. The number of hydrogen-bond donors (Lipinski definition) is 3. The number of aryl methyl sites for hydroxylation is 1. The first-order valence-corrected chi connectivity index (χ1v) is 8.63. The van der Waals surface area contributed by atoms with Crippen LogP contribution in [0, 0.1) is 12.8 Å². The minimum Gasteiger partial charge on any atom is -0.366 e. The maximum absolute atomic E-state index is 12.6. The fraction of sp³-hybridized carbons (Fsp3) is 0.533. The molecule has 1 rings (SSSR count). The maximum atomic E-state index is 12.6. The quantitative estimate of drug-likeness (QED) is 0.696. The van der Waals surface area contributed by atoms with E-state index < -0.39 is 21.5 Å². The van der Waals surface area contributed by atoms with Crippen molar-refractivity contribution in [2.75, 3.05) is 6.54 Å². The van der Waals surface area contributed by atoms with Crippen molar-refractivity contribution in [3.05, 3.63) is 29.3 Å². The molecule has 0 saturated carbocycles. The summed E-state index contributed by atoms with van der Waals surface area (Å²) in [7, 11) is -3.79. The molecule has 6 nitrogen and oxygen atoms in total. The number of sulfonamides is 1. The third-order valence-corrected chi connectivity index (χ3v) is 5.11. The van der Waals surface area contributed by atoms with Gasteiger partial charge in [0.25, 0.3) is 0 Å². The summed E-state index contributed by atoms with van der Waals surface area (Å²) in [4.78, 5) is 11.4. The molecular formula is C15H25N3O3S. The van der Waals surface area contributed by atoms with E-state index >= 15 is 0 Å². The summed E-state index contributed by atoms with van der Waals surface area (Å²) in [6.07, 6.45) is 0.608. The van der Waals surface area contributed by atoms with Gasteiger partial charge >= 0.3 is 0 Å². The van der Waals surface area contributed by atoms with Crippen molar-refractivity contribution in [1.29, 1.82) is 0 Å². The number of carbonyl (C=O) groups is 1. The summed E-state index contributed by atoms with van der Waals surface area (Å²) in [5.41, 5.74) is 11.1. The van der Waals surface area contributed by atoms with Gasteiger partial charge in [0, 0.05) is 17.6 Å². The van der Waals surface area contributed by atoms with Crippen LogP contribution in [0.15, 0.2) is 23.1 Å². The minimum absolute atomic E-state index is 0.00957. The molecule has 1 aromatic rings. The Hall–Kier alpha value is -1.44. The summed E-state index contributed by atoms with van der Waals surface area (Å²) in [5, 5.41) is 0. The largest absolute Gasteiger partial charge is 0.366 e. The molecule has 0 fully saturated rings. The van der Waals surface area contributed by atoms with Gasteiger partial charge in [-0.25, -0.2) is 13.1 Å². The van der Waals surface area contributed by atoms with Crippen molar-refractivity contribution in [2.45, 2.75) is 44.6 Å². The minimum atomic E-state index is -3.79. The van der Waals surface area contributed by atoms with Crippen LogP contribution in [0.4, 0.5) is 0 Å². The van der Waals surface area contributed by atoms with Gasteiger partial charge in [0.1, 0.15) is 0 Å². The molecule has 0 spiro atoms. The van der Waals surface area contributed by atoms with E-state index in [1.54, 1.807) is 19.9 Å². The first-order valence-electron chi connectivity index (χ1n) is 7.15. The van der Waals surface area contributed by atoms with E-state index in [9.17, 15) is 13.2 Å². The average Bonchev–Trinajstić information content (AvgIpc) is 2.36. The summed E-state index contributed by atoms with van der Waals surface area (Å²) in [6.45, 7) is 7.65. The van der Waals surface area contributed by atoms with Crippen molar-refractivity contribution in [3.8, 4) is 0 Å². The molecule has 1 amide bonds. The van der Waals surface area contributed by atoms with E-state index in [2.05, 4.69) is 4.72 Å². The zero-order chi connectivity index (χ0) is 17.1. The van der Waals surface area contributed by atoms with Crippen LogP contribution in [-0.2, 0) is 10.0 Å². The number of carbonyl (C=O) groups excluding carboxylic acids is 1. The second-order valence-corrected chi connectivity index (χ2v) is 7.99. The highest BCUT2D eigenvalue weighted by Crippen LogP contribution is 2.21. The normalized spacial score (nSPS) is 14.8. The molecule has 0 radical (unpaired) electrons. The van der Waals surface area contributed by atoms with Gasteiger partial charge in [0.2, 0.25) is 15.9 Å². The number of amides is 1. The fourth-order valence-corrected chi connectivity index (χ4v) is 3.94. The second-order valence-electron chi connectivity index (χ2n) is 6.31. The molecular weight excluding hydrogens is 302 g/mol. The Morgan fingerprint density at radius 1 is 1.36 bits per heavy atom. The predicted molar refractivity (Wildman–Crippen MR) is 86.9 cm³/mol. The number of hydrogen-bond acceptors (Lipinski definition) is 4. The standard InChI is InChI=1S/C15H25N3O3S/c1-10(2)8-15(4,9-16)18-22(20,21)12-6-5-11(3)13(7-12)14(17)19/h5-7,10,18H,8-9,16H2,1-4H3,(H2,17,19). The monoisotopic (exact) mass is 327 g/mol. The molecule has 0 bridgehead atoms. The molecule has 0 aliphatic heterocycles. The van der Waals surface area contributed by atoms with Crippen molar-refractivity contribution < 1.29 is 13.2 Å². The van der Waals surface area contributed by atoms with E-state index in [1.165, 1.54) is 12.1 Å². The summed E-state index contributed by atoms with van der Waals surface area (Å²) < 4.78 is 27.8. The smallest absolute Gasteiger partial charge is 0.249 e. The molecule has 0 aromatic heterocycles. The van der Waals surface area contributed by atoms with Crippen LogP contribution >= 0.6 is 0 Å². The summed E-state index contributed by atoms with van der Waals surface area (Å²) in [5.74, 6) is -0.367. The third kappa shape index (κ3) is 4.53. The van der Waals surface area contributed by atoms with E-state index in [1.807, 2.05) is 13.8 Å². The molecule has 0 aliphatic rings. The van der Waals surface area contributed by atoms with Gasteiger partial charge in [-0.2, -0.15) is 0 Å². The topological polar surface area (TPSA) is 115 Å². The van der Waals surface area contributed by atoms with Gasteiger partial charge in [-0.3, -0.25) is 4.79 Å². The Morgan fingerprint density at radius 3 is 2.41 bits per heavy atom. The van der Waals surface area contributed by atoms with Crippen molar-refractivity contribution in [2.24, 2.45) is 17.4 Å². The lowest BCUT2D eigenvalue weighted by molar-refractivity contribution is 0.0999. The highest BCUT2D eigenvalue weighted by Gasteiger charge is 2.30. The highest BCUT2D eigenvalue weighted by molar-refractivity contribution is 7.89. The Kier molecular flexibility index (Phi) is 5.72. The van der Waals surface area contributed by atoms with Crippen LogP contribution in [0.1, 0.15) is 43.1 Å². The zero-order valence-electron chi connectivity index (χ0n) is 13.5. The lowest BCUT2D eigenvalue weighted by Crippen LogP contribution is -2.52. The Labute approximate surface area is 132 Å². The van der Waals surface area contributed by atoms with Gasteiger partial charge in [-0.1, -0.05) is 19.9 Å². The maximum Gasteiger partial charge on any atom is 0.249 e. The van der Waals surface area contributed by atoms with Crippen molar-refractivity contribution in [3.63, 3.8) is 0 Å². The van der Waals surface area contributed by atoms with Crippen LogP contribution in [0.3, 0.4) is 0 Å². The Morgan fingerprint density at radius 2 is 1.95 bits per heavy atom. The van der Waals surface area contributed by atoms with E-state index in [0.717, 1.165) is 0 Å². The SMILES string of the molecule is Cc1ccc(S(=O)(=O)NC(C)(CN)CC(C)C)cc1C(N)=O. The number of nitrogens with one attached hydrogen (secondary N) is 1. The lowest BCUT2D eigenvalue weighted by Gasteiger charge is -2.30. The van der Waals surface area contributed by atoms with Crippen molar-refractivity contribution >= 4 is 15.9 Å². The van der Waals surface area contributed by atoms with Gasteiger partial charge in [-0.15, -0.1) is 0 Å². The summed E-state index contributed by atoms with van der Waals surface area (Å²) in [6, 6.07) is 4.32. The van der Waals surface area contributed by atoms with E-state index in [4.69, 9.17) is 11.5 Å². The fourth-order valence-electron chi connectivity index (χ4n) is 2.48. The van der Waals surface area contributed by atoms with Crippen LogP contribution < -0.4 is 16.2 Å². The highest BCUT2D eigenvalue weighted by atomic mass is 32.2. The van der Waals surface area contributed by atoms with Gasteiger partial charge < -0.3 is 11.5 Å². The lowest BCUT2D eigenvalue weighted by atomic mass is 9.92. The molecule has 5 N–H and O–H groups in total. The molecule has 0 saturated heterocycles. The van der Waals surface area contributed by atoms with Crippen LogP contribution in [-0.4, -0.2) is 26.4 Å². The van der Waals surface area contributed by atoms with Crippen molar-refractivity contribution in [1.82, 2.24) is 4.72 Å². The average molecular weight is 327 g/mol. The molecule has 1 atom stereocenters.